The molecule has 0 atom stereocenters. The van der Waals surface area contributed by atoms with Gasteiger partial charge in [0.15, 0.2) is 5.78 Å². The van der Waals surface area contributed by atoms with E-state index in [-0.39, 0.29) is 11.8 Å². The van der Waals surface area contributed by atoms with Crippen molar-refractivity contribution < 1.29 is 23.8 Å². The molecule has 0 fully saturated rings. The molecule has 21 heavy (non-hydrogen) atoms. The third kappa shape index (κ3) is 5.85. The lowest BCUT2D eigenvalue weighted by molar-refractivity contribution is -0.143. The monoisotopic (exact) mass is 294 g/mol. The molecule has 0 radical (unpaired) electrons. The zero-order chi connectivity index (χ0) is 15.7. The molecule has 0 spiro atoms. The maximum atomic E-state index is 12.1. The smallest absolute Gasteiger partial charge is 0.305 e. The van der Waals surface area contributed by atoms with E-state index >= 15 is 0 Å². The summed E-state index contributed by atoms with van der Waals surface area (Å²) in [4.78, 5) is 23.3. The second-order valence-corrected chi connectivity index (χ2v) is 4.54. The molecule has 116 valence electrons. The molecule has 1 rings (SSSR count). The van der Waals surface area contributed by atoms with E-state index in [2.05, 4.69) is 0 Å². The van der Waals surface area contributed by atoms with E-state index in [9.17, 15) is 9.59 Å². The molecule has 0 saturated carbocycles. The highest BCUT2D eigenvalue weighted by atomic mass is 16.5. The molecule has 5 nitrogen and oxygen atoms in total. The normalized spacial score (nSPS) is 10.0. The van der Waals surface area contributed by atoms with E-state index in [0.717, 1.165) is 0 Å². The minimum atomic E-state index is -0.215. The number of hydrogen-bond acceptors (Lipinski definition) is 5. The van der Waals surface area contributed by atoms with Gasteiger partial charge in [0.25, 0.3) is 0 Å². The number of carbonyl (C=O) groups excluding carboxylic acids is 2. The predicted octanol–water partition coefficient (Wildman–Crippen LogP) is 3.01. The topological polar surface area (TPSA) is 61.8 Å². The van der Waals surface area contributed by atoms with Crippen LogP contribution in [0, 0.1) is 0 Å². The van der Waals surface area contributed by atoms with Crippen molar-refractivity contribution in [3.63, 3.8) is 0 Å². The van der Waals surface area contributed by atoms with Crippen molar-refractivity contribution in [2.45, 2.75) is 32.6 Å². The van der Waals surface area contributed by atoms with Crippen LogP contribution in [0.25, 0.3) is 0 Å². The van der Waals surface area contributed by atoms with Crippen molar-refractivity contribution in [3.8, 4) is 11.5 Å². The average Bonchev–Trinajstić information content (AvgIpc) is 2.51. The van der Waals surface area contributed by atoms with Crippen molar-refractivity contribution >= 4 is 11.8 Å². The highest BCUT2D eigenvalue weighted by Crippen LogP contribution is 2.23. The second-order valence-electron chi connectivity index (χ2n) is 4.54. The molecule has 0 saturated heterocycles. The summed E-state index contributed by atoms with van der Waals surface area (Å²) in [6, 6.07) is 5.10. The molecule has 0 N–H and O–H groups in total. The van der Waals surface area contributed by atoms with Gasteiger partial charge in [-0.25, -0.2) is 0 Å². The van der Waals surface area contributed by atoms with Crippen LogP contribution < -0.4 is 9.47 Å². The van der Waals surface area contributed by atoms with Gasteiger partial charge < -0.3 is 14.2 Å². The van der Waals surface area contributed by atoms with Gasteiger partial charge in [0.2, 0.25) is 0 Å². The number of unbranched alkanes of at least 4 members (excludes halogenated alkanes) is 1. The number of Topliss-reactive ketones (excluding diaryl/α,β-unsaturated/α-hetero) is 1. The van der Waals surface area contributed by atoms with Gasteiger partial charge in [-0.2, -0.15) is 0 Å². The number of esters is 1. The van der Waals surface area contributed by atoms with Gasteiger partial charge in [-0.3, -0.25) is 9.59 Å². The molecule has 1 aromatic rings. The first-order chi connectivity index (χ1) is 10.1. The minimum Gasteiger partial charge on any atom is -0.497 e. The van der Waals surface area contributed by atoms with Crippen LogP contribution in [0.2, 0.25) is 0 Å². The molecule has 0 aliphatic carbocycles. The molecular formula is C16H22O5. The van der Waals surface area contributed by atoms with Crippen LogP contribution in [0.3, 0.4) is 0 Å². The molecule has 0 bridgehead atoms. The van der Waals surface area contributed by atoms with E-state index < -0.39 is 0 Å². The average molecular weight is 294 g/mol. The van der Waals surface area contributed by atoms with Gasteiger partial charge in [0, 0.05) is 24.5 Å². The largest absolute Gasteiger partial charge is 0.497 e. The van der Waals surface area contributed by atoms with Gasteiger partial charge in [-0.1, -0.05) is 0 Å². The fourth-order valence-electron chi connectivity index (χ4n) is 1.90. The number of rotatable bonds is 9. The summed E-state index contributed by atoms with van der Waals surface area (Å²) < 4.78 is 15.1. The van der Waals surface area contributed by atoms with Gasteiger partial charge in [0.05, 0.1) is 20.8 Å². The van der Waals surface area contributed by atoms with Crippen LogP contribution in [0.5, 0.6) is 11.5 Å². The summed E-state index contributed by atoms with van der Waals surface area (Å²) in [7, 11) is 3.09. The number of carbonyl (C=O) groups is 2. The number of hydrogen-bond donors (Lipinski definition) is 0. The number of methoxy groups -OCH3 is 2. The predicted molar refractivity (Wildman–Crippen MR) is 79.0 cm³/mol. The summed E-state index contributed by atoms with van der Waals surface area (Å²) in [5.41, 5.74) is 0.558. The van der Waals surface area contributed by atoms with Crippen molar-refractivity contribution in [1.29, 1.82) is 0 Å². The Morgan fingerprint density at radius 2 is 1.52 bits per heavy atom. The van der Waals surface area contributed by atoms with Crippen LogP contribution >= 0.6 is 0 Å². The lowest BCUT2D eigenvalue weighted by Crippen LogP contribution is -2.05. The zero-order valence-corrected chi connectivity index (χ0v) is 12.8. The van der Waals surface area contributed by atoms with Gasteiger partial charge in [-0.15, -0.1) is 0 Å². The first kappa shape index (κ1) is 17.0. The Morgan fingerprint density at radius 3 is 2.05 bits per heavy atom. The molecule has 0 aliphatic heterocycles. The summed E-state index contributed by atoms with van der Waals surface area (Å²) in [6.45, 7) is 2.17. The SMILES string of the molecule is CCOC(=O)CCCCC(=O)c1cc(OC)cc(OC)c1. The van der Waals surface area contributed by atoms with E-state index in [1.54, 1.807) is 39.3 Å². The van der Waals surface area contributed by atoms with Crippen molar-refractivity contribution in [2.75, 3.05) is 20.8 Å². The second kappa shape index (κ2) is 9.00. The Balaban J connectivity index is 2.50. The molecule has 0 aliphatic rings. The van der Waals surface area contributed by atoms with E-state index in [1.165, 1.54) is 0 Å². The lowest BCUT2D eigenvalue weighted by atomic mass is 10.0. The van der Waals surface area contributed by atoms with E-state index in [0.29, 0.717) is 49.4 Å². The van der Waals surface area contributed by atoms with Crippen LogP contribution in [0.1, 0.15) is 43.0 Å². The van der Waals surface area contributed by atoms with Crippen molar-refractivity contribution in [2.24, 2.45) is 0 Å². The Hall–Kier alpha value is -2.04. The maximum Gasteiger partial charge on any atom is 0.305 e. The standard InChI is InChI=1S/C16H22O5/c1-4-21-16(18)8-6-5-7-15(17)12-9-13(19-2)11-14(10-12)20-3/h9-11H,4-8H2,1-3H3. The molecular weight excluding hydrogens is 272 g/mol. The Labute approximate surface area is 125 Å². The van der Waals surface area contributed by atoms with Crippen LogP contribution in [-0.2, 0) is 9.53 Å². The molecule has 0 aromatic heterocycles. The van der Waals surface area contributed by atoms with E-state index in [4.69, 9.17) is 14.2 Å². The molecule has 5 heteroatoms. The molecule has 0 unspecified atom stereocenters. The lowest BCUT2D eigenvalue weighted by Gasteiger charge is -2.08. The Morgan fingerprint density at radius 1 is 0.952 bits per heavy atom. The maximum absolute atomic E-state index is 12.1. The fraction of sp³-hybridized carbons (Fsp3) is 0.500. The van der Waals surface area contributed by atoms with Gasteiger partial charge >= 0.3 is 5.97 Å². The Bertz CT molecular complexity index is 459. The van der Waals surface area contributed by atoms with Crippen LogP contribution in [-0.4, -0.2) is 32.6 Å². The summed E-state index contributed by atoms with van der Waals surface area (Å²) in [5.74, 6) is 0.970. The fourth-order valence-corrected chi connectivity index (χ4v) is 1.90. The minimum absolute atomic E-state index is 0.0102. The van der Waals surface area contributed by atoms with Crippen LogP contribution in [0.15, 0.2) is 18.2 Å². The summed E-state index contributed by atoms with van der Waals surface area (Å²) in [5, 5.41) is 0. The number of ketones is 1. The molecule has 0 amide bonds. The number of benzene rings is 1. The first-order valence-corrected chi connectivity index (χ1v) is 7.02. The highest BCUT2D eigenvalue weighted by molar-refractivity contribution is 5.96. The first-order valence-electron chi connectivity index (χ1n) is 7.02. The molecule has 0 heterocycles. The van der Waals surface area contributed by atoms with Crippen LogP contribution in [0.4, 0.5) is 0 Å². The van der Waals surface area contributed by atoms with Gasteiger partial charge in [0.1, 0.15) is 11.5 Å². The Kier molecular flexibility index (Phi) is 7.29. The molecule has 1 aromatic carbocycles. The van der Waals surface area contributed by atoms with Crippen molar-refractivity contribution in [3.05, 3.63) is 23.8 Å². The number of ether oxygens (including phenoxy) is 3. The summed E-state index contributed by atoms with van der Waals surface area (Å²) in [6.07, 6.45) is 2.03. The third-order valence-corrected chi connectivity index (χ3v) is 3.01. The van der Waals surface area contributed by atoms with Gasteiger partial charge in [-0.05, 0) is 31.9 Å². The zero-order valence-electron chi connectivity index (χ0n) is 12.8. The highest BCUT2D eigenvalue weighted by Gasteiger charge is 2.10. The van der Waals surface area contributed by atoms with Crippen molar-refractivity contribution in [1.82, 2.24) is 0 Å². The summed E-state index contributed by atoms with van der Waals surface area (Å²) >= 11 is 0. The quantitative estimate of drug-likeness (QED) is 0.398. The van der Waals surface area contributed by atoms with E-state index in [1.807, 2.05) is 0 Å². The third-order valence-electron chi connectivity index (χ3n) is 3.01.